The van der Waals surface area contributed by atoms with E-state index >= 15 is 0 Å². The van der Waals surface area contributed by atoms with Gasteiger partial charge in [-0.25, -0.2) is 8.42 Å². The molecule has 2 aliphatic rings. The Morgan fingerprint density at radius 1 is 1.00 bits per heavy atom. The van der Waals surface area contributed by atoms with Gasteiger partial charge in [0.15, 0.2) is 11.5 Å². The van der Waals surface area contributed by atoms with Crippen molar-refractivity contribution in [3.8, 4) is 11.5 Å². The van der Waals surface area contributed by atoms with Crippen LogP contribution in [0.4, 0.5) is 11.4 Å². The zero-order valence-corrected chi connectivity index (χ0v) is 18.8. The first kappa shape index (κ1) is 22.3. The summed E-state index contributed by atoms with van der Waals surface area (Å²) in [6, 6.07) is 7.86. The zero-order chi connectivity index (χ0) is 22.9. The fourth-order valence-electron chi connectivity index (χ4n) is 4.10. The minimum absolute atomic E-state index is 0.0578. The third-order valence-corrected chi connectivity index (χ3v) is 7.73. The van der Waals surface area contributed by atoms with Gasteiger partial charge in [0.25, 0.3) is 5.69 Å². The Bertz CT molecular complexity index is 1130. The Morgan fingerprint density at radius 3 is 2.28 bits per heavy atom. The van der Waals surface area contributed by atoms with Crippen LogP contribution < -0.4 is 14.4 Å². The molecular formula is C21H25N3O7S. The van der Waals surface area contributed by atoms with E-state index in [0.717, 1.165) is 17.2 Å². The average molecular weight is 464 g/mol. The van der Waals surface area contributed by atoms with Crippen molar-refractivity contribution in [2.75, 3.05) is 52.0 Å². The lowest BCUT2D eigenvalue weighted by molar-refractivity contribution is -0.385. The van der Waals surface area contributed by atoms with Gasteiger partial charge in [-0.2, -0.15) is 4.31 Å². The van der Waals surface area contributed by atoms with Gasteiger partial charge in [0.05, 0.1) is 38.0 Å². The lowest BCUT2D eigenvalue weighted by Gasteiger charge is -2.34. The standard InChI is InChI=1S/C21H25N3O7S/c1-29-19-11-15-5-6-22(14-16(15)12-20(19)30-2)18-4-3-17(24(25)26)13-21(18)32(27,28)23-7-9-31-10-8-23/h3-4,11-13H,5-10,14H2,1-2H3. The predicted octanol–water partition coefficient (Wildman–Crippen LogP) is 2.20. The second kappa shape index (κ2) is 8.93. The van der Waals surface area contributed by atoms with Gasteiger partial charge in [0, 0.05) is 38.3 Å². The Hall–Kier alpha value is -2.89. The van der Waals surface area contributed by atoms with Crippen molar-refractivity contribution in [3.63, 3.8) is 0 Å². The highest BCUT2D eigenvalue weighted by atomic mass is 32.2. The van der Waals surface area contributed by atoms with Gasteiger partial charge in [-0.05, 0) is 35.7 Å². The van der Waals surface area contributed by atoms with Crippen LogP contribution in [0.5, 0.6) is 11.5 Å². The van der Waals surface area contributed by atoms with Crippen molar-refractivity contribution >= 4 is 21.4 Å². The molecule has 0 aromatic heterocycles. The van der Waals surface area contributed by atoms with E-state index in [4.69, 9.17) is 14.2 Å². The van der Waals surface area contributed by atoms with Crippen molar-refractivity contribution in [2.45, 2.75) is 17.9 Å². The molecule has 10 nitrogen and oxygen atoms in total. The van der Waals surface area contributed by atoms with Crippen LogP contribution in [0.2, 0.25) is 0 Å². The van der Waals surface area contributed by atoms with Crippen LogP contribution in [0.1, 0.15) is 11.1 Å². The molecule has 0 atom stereocenters. The Labute approximate surface area is 186 Å². The van der Waals surface area contributed by atoms with Crippen LogP contribution in [-0.4, -0.2) is 64.7 Å². The molecule has 0 aliphatic carbocycles. The number of nitrogens with zero attached hydrogens (tertiary/aromatic N) is 3. The lowest BCUT2D eigenvalue weighted by Crippen LogP contribution is -2.41. The van der Waals surface area contributed by atoms with E-state index in [1.807, 2.05) is 17.0 Å². The van der Waals surface area contributed by atoms with Crippen LogP contribution in [0, 0.1) is 10.1 Å². The normalized spacial score (nSPS) is 17.0. The highest BCUT2D eigenvalue weighted by Gasteiger charge is 2.33. The van der Waals surface area contributed by atoms with Gasteiger partial charge in [0.1, 0.15) is 4.90 Å². The molecule has 1 fully saturated rings. The van der Waals surface area contributed by atoms with Gasteiger partial charge in [-0.15, -0.1) is 0 Å². The van der Waals surface area contributed by atoms with Gasteiger partial charge < -0.3 is 19.1 Å². The second-order valence-electron chi connectivity index (χ2n) is 7.57. The average Bonchev–Trinajstić information content (AvgIpc) is 2.82. The predicted molar refractivity (Wildman–Crippen MR) is 117 cm³/mol. The molecule has 172 valence electrons. The molecule has 0 amide bonds. The number of anilines is 1. The van der Waals surface area contributed by atoms with Crippen molar-refractivity contribution in [3.05, 3.63) is 51.6 Å². The number of nitro benzene ring substituents is 1. The number of benzene rings is 2. The molecule has 2 heterocycles. The summed E-state index contributed by atoms with van der Waals surface area (Å²) in [5.74, 6) is 1.24. The SMILES string of the molecule is COc1cc2c(cc1OC)CN(c1ccc([N+](=O)[O-])cc1S(=O)(=O)N1CCOCC1)CC2. The second-order valence-corrected chi connectivity index (χ2v) is 9.48. The van der Waals surface area contributed by atoms with Crippen molar-refractivity contribution in [2.24, 2.45) is 0 Å². The van der Waals surface area contributed by atoms with E-state index in [9.17, 15) is 18.5 Å². The summed E-state index contributed by atoms with van der Waals surface area (Å²) in [7, 11) is -0.790. The maximum atomic E-state index is 13.4. The van der Waals surface area contributed by atoms with E-state index in [1.165, 1.54) is 16.4 Å². The summed E-state index contributed by atoms with van der Waals surface area (Å²) in [5.41, 5.74) is 2.27. The number of nitro groups is 1. The number of methoxy groups -OCH3 is 2. The van der Waals surface area contributed by atoms with Crippen LogP contribution in [0.15, 0.2) is 35.2 Å². The molecule has 0 N–H and O–H groups in total. The number of rotatable bonds is 6. The number of ether oxygens (including phenoxy) is 3. The molecular weight excluding hydrogens is 438 g/mol. The number of fused-ring (bicyclic) bond motifs is 1. The van der Waals surface area contributed by atoms with Gasteiger partial charge >= 0.3 is 0 Å². The number of hydrogen-bond acceptors (Lipinski definition) is 8. The monoisotopic (exact) mass is 463 g/mol. The topological polar surface area (TPSA) is 111 Å². The molecule has 0 unspecified atom stereocenters. The summed E-state index contributed by atoms with van der Waals surface area (Å²) >= 11 is 0. The Morgan fingerprint density at radius 2 is 1.66 bits per heavy atom. The third-order valence-electron chi connectivity index (χ3n) is 5.80. The smallest absolute Gasteiger partial charge is 0.270 e. The number of sulfonamides is 1. The largest absolute Gasteiger partial charge is 0.493 e. The summed E-state index contributed by atoms with van der Waals surface area (Å²) < 4.78 is 44.3. The van der Waals surface area contributed by atoms with Crippen molar-refractivity contribution in [1.29, 1.82) is 0 Å². The van der Waals surface area contributed by atoms with Gasteiger partial charge in [0.2, 0.25) is 10.0 Å². The number of morpholine rings is 1. The molecule has 2 aromatic carbocycles. The number of hydrogen-bond donors (Lipinski definition) is 0. The first-order valence-corrected chi connectivity index (χ1v) is 11.6. The van der Waals surface area contributed by atoms with E-state index < -0.39 is 14.9 Å². The molecule has 2 aliphatic heterocycles. The fraction of sp³-hybridized carbons (Fsp3) is 0.429. The van der Waals surface area contributed by atoms with Gasteiger partial charge in [-0.3, -0.25) is 10.1 Å². The molecule has 2 aromatic rings. The minimum Gasteiger partial charge on any atom is -0.493 e. The highest BCUT2D eigenvalue weighted by molar-refractivity contribution is 7.89. The summed E-state index contributed by atoms with van der Waals surface area (Å²) in [6.07, 6.45) is 0.670. The van der Waals surface area contributed by atoms with Crippen LogP contribution in [0.25, 0.3) is 0 Å². The molecule has 0 spiro atoms. The molecule has 0 radical (unpaired) electrons. The van der Waals surface area contributed by atoms with E-state index in [0.29, 0.717) is 49.9 Å². The summed E-state index contributed by atoms with van der Waals surface area (Å²) in [6.45, 7) is 2.02. The van der Waals surface area contributed by atoms with Crippen LogP contribution in [0.3, 0.4) is 0 Å². The zero-order valence-electron chi connectivity index (χ0n) is 17.9. The quantitative estimate of drug-likeness (QED) is 0.474. The van der Waals surface area contributed by atoms with Crippen molar-refractivity contribution in [1.82, 2.24) is 4.31 Å². The van der Waals surface area contributed by atoms with Crippen LogP contribution in [-0.2, 0) is 27.7 Å². The first-order chi connectivity index (χ1) is 15.3. The first-order valence-electron chi connectivity index (χ1n) is 10.2. The number of non-ortho nitro benzene ring substituents is 1. The minimum atomic E-state index is -3.94. The van der Waals surface area contributed by atoms with Crippen molar-refractivity contribution < 1.29 is 27.6 Å². The highest BCUT2D eigenvalue weighted by Crippen LogP contribution is 2.37. The maximum Gasteiger partial charge on any atom is 0.270 e. The molecule has 32 heavy (non-hydrogen) atoms. The Kier molecular flexibility index (Phi) is 6.22. The third kappa shape index (κ3) is 4.10. The van der Waals surface area contributed by atoms with Crippen LogP contribution >= 0.6 is 0 Å². The molecule has 0 saturated carbocycles. The molecule has 1 saturated heterocycles. The lowest BCUT2D eigenvalue weighted by atomic mass is 9.98. The molecule has 4 rings (SSSR count). The Balaban J connectivity index is 1.75. The summed E-state index contributed by atoms with van der Waals surface area (Å²) in [4.78, 5) is 12.7. The van der Waals surface area contributed by atoms with E-state index in [2.05, 4.69) is 0 Å². The van der Waals surface area contributed by atoms with E-state index in [1.54, 1.807) is 14.2 Å². The fourth-order valence-corrected chi connectivity index (χ4v) is 5.74. The van der Waals surface area contributed by atoms with Gasteiger partial charge in [-0.1, -0.05) is 0 Å². The molecule has 0 bridgehead atoms. The maximum absolute atomic E-state index is 13.4. The van der Waals surface area contributed by atoms with E-state index in [-0.39, 0.29) is 23.7 Å². The summed E-state index contributed by atoms with van der Waals surface area (Å²) in [5, 5.41) is 11.4. The molecule has 11 heteroatoms.